The number of aliphatic hydroxyl groups is 1. The molecule has 1 amide bonds. The van der Waals surface area contributed by atoms with Gasteiger partial charge in [0.1, 0.15) is 5.75 Å². The van der Waals surface area contributed by atoms with Gasteiger partial charge < -0.3 is 14.7 Å². The maximum atomic E-state index is 12.6. The maximum absolute atomic E-state index is 12.6. The summed E-state index contributed by atoms with van der Waals surface area (Å²) in [7, 11) is 0. The minimum atomic E-state index is -0.555. The molecule has 1 saturated heterocycles. The van der Waals surface area contributed by atoms with Crippen LogP contribution < -0.4 is 4.74 Å². The lowest BCUT2D eigenvalue weighted by Gasteiger charge is -2.22. The van der Waals surface area contributed by atoms with Gasteiger partial charge in [-0.15, -0.1) is 0 Å². The molecule has 1 heterocycles. The largest absolute Gasteiger partial charge is 0.483 e. The van der Waals surface area contributed by atoms with Crippen molar-refractivity contribution in [1.29, 1.82) is 0 Å². The Morgan fingerprint density at radius 1 is 1.07 bits per heavy atom. The number of carbonyl (C=O) groups excluding carboxylic acids is 1. The van der Waals surface area contributed by atoms with E-state index in [4.69, 9.17) is 4.74 Å². The lowest BCUT2D eigenvalue weighted by Crippen LogP contribution is -2.40. The van der Waals surface area contributed by atoms with Crippen molar-refractivity contribution in [3.05, 3.63) is 65.2 Å². The quantitative estimate of drug-likeness (QED) is 0.881. The van der Waals surface area contributed by atoms with Gasteiger partial charge in [-0.25, -0.2) is 0 Å². The van der Waals surface area contributed by atoms with Gasteiger partial charge in [0.05, 0.1) is 6.10 Å². The number of β-amino-alcohol motifs (C(OH)–C–C–N with tert-alkyl or cyclic N) is 1. The minimum absolute atomic E-state index is 0.00427. The highest BCUT2D eigenvalue weighted by Gasteiger charge is 2.24. The van der Waals surface area contributed by atoms with E-state index >= 15 is 0 Å². The number of hydrogen-bond donors (Lipinski definition) is 1. The third-order valence-electron chi connectivity index (χ3n) is 5.09. The Kier molecular flexibility index (Phi) is 6.48. The summed E-state index contributed by atoms with van der Waals surface area (Å²) in [6.07, 6.45) is -0.555. The SMILES string of the molecule is Cc1cccc(OCC(=O)N2CCN(Cc3ccccc3)CC(O)C2)c1C. The molecule has 1 fully saturated rings. The summed E-state index contributed by atoms with van der Waals surface area (Å²) < 4.78 is 5.74. The van der Waals surface area contributed by atoms with Crippen molar-refractivity contribution in [1.82, 2.24) is 9.80 Å². The molecule has 2 aromatic carbocycles. The van der Waals surface area contributed by atoms with Crippen molar-refractivity contribution in [2.24, 2.45) is 0 Å². The Morgan fingerprint density at radius 3 is 2.63 bits per heavy atom. The van der Waals surface area contributed by atoms with Crippen LogP contribution in [0.4, 0.5) is 0 Å². The molecule has 0 aromatic heterocycles. The Hall–Kier alpha value is -2.37. The molecule has 0 aliphatic carbocycles. The summed E-state index contributed by atoms with van der Waals surface area (Å²) in [5, 5.41) is 10.3. The second-order valence-corrected chi connectivity index (χ2v) is 7.20. The van der Waals surface area contributed by atoms with Crippen LogP contribution in [0.5, 0.6) is 5.75 Å². The van der Waals surface area contributed by atoms with Crippen LogP contribution in [0.3, 0.4) is 0 Å². The fourth-order valence-electron chi connectivity index (χ4n) is 3.38. The summed E-state index contributed by atoms with van der Waals surface area (Å²) in [4.78, 5) is 16.5. The number of ether oxygens (including phenoxy) is 1. The molecule has 1 N–H and O–H groups in total. The molecule has 0 spiro atoms. The molecule has 1 aliphatic rings. The van der Waals surface area contributed by atoms with E-state index in [-0.39, 0.29) is 12.5 Å². The Bertz CT molecular complexity index is 763. The summed E-state index contributed by atoms with van der Waals surface area (Å²) in [6.45, 7) is 7.04. The molecule has 27 heavy (non-hydrogen) atoms. The summed E-state index contributed by atoms with van der Waals surface area (Å²) in [5.74, 6) is 0.654. The van der Waals surface area contributed by atoms with Gasteiger partial charge in [-0.3, -0.25) is 9.69 Å². The number of aryl methyl sites for hydroxylation is 1. The van der Waals surface area contributed by atoms with E-state index in [1.165, 1.54) is 5.56 Å². The Morgan fingerprint density at radius 2 is 1.85 bits per heavy atom. The average Bonchev–Trinajstić information content (AvgIpc) is 2.84. The predicted octanol–water partition coefficient (Wildman–Crippen LogP) is 2.39. The summed E-state index contributed by atoms with van der Waals surface area (Å²) in [5.41, 5.74) is 3.40. The van der Waals surface area contributed by atoms with Crippen molar-refractivity contribution in [3.8, 4) is 5.75 Å². The summed E-state index contributed by atoms with van der Waals surface area (Å²) in [6, 6.07) is 16.0. The van der Waals surface area contributed by atoms with E-state index in [0.29, 0.717) is 19.6 Å². The standard InChI is InChI=1S/C22H28N2O3/c1-17-7-6-10-21(18(17)2)27-16-22(26)24-12-11-23(14-20(25)15-24)13-19-8-4-3-5-9-19/h3-10,20,25H,11-16H2,1-2H3. The van der Waals surface area contributed by atoms with Gasteiger partial charge in [-0.05, 0) is 36.6 Å². The Balaban J connectivity index is 1.55. The van der Waals surface area contributed by atoms with Crippen molar-refractivity contribution >= 4 is 5.91 Å². The molecule has 3 rings (SSSR count). The molecule has 0 bridgehead atoms. The lowest BCUT2D eigenvalue weighted by molar-refractivity contribution is -0.134. The second-order valence-electron chi connectivity index (χ2n) is 7.20. The number of carbonyl (C=O) groups is 1. The second kappa shape index (κ2) is 9.02. The smallest absolute Gasteiger partial charge is 0.260 e. The molecule has 5 nitrogen and oxygen atoms in total. The van der Waals surface area contributed by atoms with E-state index in [2.05, 4.69) is 17.0 Å². The van der Waals surface area contributed by atoms with Crippen LogP contribution in [0.2, 0.25) is 0 Å². The average molecular weight is 368 g/mol. The normalized spacial score (nSPS) is 18.2. The Labute approximate surface area is 161 Å². The van der Waals surface area contributed by atoms with Crippen LogP contribution in [0.15, 0.2) is 48.5 Å². The highest BCUT2D eigenvalue weighted by molar-refractivity contribution is 5.78. The van der Waals surface area contributed by atoms with Gasteiger partial charge in [0.15, 0.2) is 6.61 Å². The van der Waals surface area contributed by atoms with E-state index in [1.54, 1.807) is 4.90 Å². The molecular weight excluding hydrogens is 340 g/mol. The molecular formula is C22H28N2O3. The number of aliphatic hydroxyl groups excluding tert-OH is 1. The van der Waals surface area contributed by atoms with E-state index in [9.17, 15) is 9.90 Å². The van der Waals surface area contributed by atoms with Gasteiger partial charge in [-0.2, -0.15) is 0 Å². The molecule has 144 valence electrons. The molecule has 1 atom stereocenters. The first kappa shape index (κ1) is 19.4. The molecule has 0 radical (unpaired) electrons. The zero-order valence-corrected chi connectivity index (χ0v) is 16.1. The van der Waals surface area contributed by atoms with Crippen molar-refractivity contribution < 1.29 is 14.6 Å². The summed E-state index contributed by atoms with van der Waals surface area (Å²) >= 11 is 0. The van der Waals surface area contributed by atoms with Crippen LogP contribution in [0.25, 0.3) is 0 Å². The third-order valence-corrected chi connectivity index (χ3v) is 5.09. The van der Waals surface area contributed by atoms with Gasteiger partial charge in [0, 0.05) is 32.7 Å². The number of hydrogen-bond acceptors (Lipinski definition) is 4. The lowest BCUT2D eigenvalue weighted by atomic mass is 10.1. The first-order valence-electron chi connectivity index (χ1n) is 9.44. The number of rotatable bonds is 5. The van der Waals surface area contributed by atoms with Crippen LogP contribution in [-0.4, -0.2) is 59.7 Å². The topological polar surface area (TPSA) is 53.0 Å². The zero-order chi connectivity index (χ0) is 19.2. The fraction of sp³-hybridized carbons (Fsp3) is 0.409. The molecule has 1 unspecified atom stereocenters. The minimum Gasteiger partial charge on any atom is -0.483 e. The molecule has 1 aliphatic heterocycles. The number of benzene rings is 2. The van der Waals surface area contributed by atoms with Crippen LogP contribution in [0.1, 0.15) is 16.7 Å². The third kappa shape index (κ3) is 5.31. The number of amides is 1. The zero-order valence-electron chi connectivity index (χ0n) is 16.1. The highest BCUT2D eigenvalue weighted by Crippen LogP contribution is 2.20. The van der Waals surface area contributed by atoms with Gasteiger partial charge in [-0.1, -0.05) is 42.5 Å². The molecule has 0 saturated carbocycles. The van der Waals surface area contributed by atoms with Crippen molar-refractivity contribution in [2.45, 2.75) is 26.5 Å². The first-order chi connectivity index (χ1) is 13.0. The van der Waals surface area contributed by atoms with Gasteiger partial charge in [0.25, 0.3) is 5.91 Å². The van der Waals surface area contributed by atoms with Crippen LogP contribution in [-0.2, 0) is 11.3 Å². The maximum Gasteiger partial charge on any atom is 0.260 e. The monoisotopic (exact) mass is 368 g/mol. The van der Waals surface area contributed by atoms with Crippen molar-refractivity contribution in [3.63, 3.8) is 0 Å². The number of nitrogens with zero attached hydrogens (tertiary/aromatic N) is 2. The molecule has 2 aromatic rings. The highest BCUT2D eigenvalue weighted by atomic mass is 16.5. The van der Waals surface area contributed by atoms with Crippen LogP contribution >= 0.6 is 0 Å². The fourth-order valence-corrected chi connectivity index (χ4v) is 3.38. The first-order valence-corrected chi connectivity index (χ1v) is 9.44. The van der Waals surface area contributed by atoms with Gasteiger partial charge >= 0.3 is 0 Å². The van der Waals surface area contributed by atoms with Crippen LogP contribution in [0, 0.1) is 13.8 Å². The van der Waals surface area contributed by atoms with E-state index in [1.807, 2.05) is 50.2 Å². The van der Waals surface area contributed by atoms with Crippen molar-refractivity contribution in [2.75, 3.05) is 32.8 Å². The van der Waals surface area contributed by atoms with E-state index < -0.39 is 6.10 Å². The predicted molar refractivity (Wildman–Crippen MR) is 106 cm³/mol. The van der Waals surface area contributed by atoms with Gasteiger partial charge in [0.2, 0.25) is 0 Å². The van der Waals surface area contributed by atoms with E-state index in [0.717, 1.165) is 30.0 Å². The molecule has 5 heteroatoms.